The SMILES string of the molecule is COc1ccc(C(OC[C@H]2O[C@@H](n3ccc(NC(C)=O)nc3=O)CC[C@@H]2O)(c2ccccc2)c2ccc(OC)cc2)cc1. The maximum atomic E-state index is 12.8. The summed E-state index contributed by atoms with van der Waals surface area (Å²) in [4.78, 5) is 28.1. The Hall–Kier alpha value is -4.51. The molecule has 1 aliphatic heterocycles. The maximum absolute atomic E-state index is 12.8. The molecule has 0 aliphatic carbocycles. The smallest absolute Gasteiger partial charge is 0.351 e. The van der Waals surface area contributed by atoms with E-state index >= 15 is 0 Å². The van der Waals surface area contributed by atoms with Gasteiger partial charge in [0.25, 0.3) is 0 Å². The van der Waals surface area contributed by atoms with Crippen LogP contribution in [-0.4, -0.2) is 53.6 Å². The highest BCUT2D eigenvalue weighted by molar-refractivity contribution is 5.87. The zero-order valence-electron chi connectivity index (χ0n) is 24.3. The largest absolute Gasteiger partial charge is 0.497 e. The maximum Gasteiger partial charge on any atom is 0.351 e. The molecule has 0 spiro atoms. The second kappa shape index (κ2) is 13.2. The third kappa shape index (κ3) is 6.46. The minimum absolute atomic E-state index is 0.0107. The van der Waals surface area contributed by atoms with Crippen molar-refractivity contribution in [2.24, 2.45) is 0 Å². The minimum Gasteiger partial charge on any atom is -0.497 e. The van der Waals surface area contributed by atoms with Crippen LogP contribution in [-0.2, 0) is 19.9 Å². The fourth-order valence-corrected chi connectivity index (χ4v) is 5.38. The summed E-state index contributed by atoms with van der Waals surface area (Å²) in [6, 6.07) is 26.7. The number of amides is 1. The number of nitrogens with one attached hydrogen (secondary N) is 1. The number of carbonyl (C=O) groups is 1. The summed E-state index contributed by atoms with van der Waals surface area (Å²) in [5.41, 5.74) is 0.915. The molecule has 224 valence electrons. The van der Waals surface area contributed by atoms with Gasteiger partial charge in [-0.25, -0.2) is 4.79 Å². The first-order valence-corrected chi connectivity index (χ1v) is 14.0. The van der Waals surface area contributed by atoms with Crippen LogP contribution in [0.3, 0.4) is 0 Å². The van der Waals surface area contributed by atoms with Gasteiger partial charge in [0, 0.05) is 13.1 Å². The van der Waals surface area contributed by atoms with Crippen molar-refractivity contribution in [3.8, 4) is 11.5 Å². The van der Waals surface area contributed by atoms with Gasteiger partial charge in [-0.2, -0.15) is 4.98 Å². The fourth-order valence-electron chi connectivity index (χ4n) is 5.38. The molecule has 43 heavy (non-hydrogen) atoms. The van der Waals surface area contributed by atoms with Crippen LogP contribution in [0.5, 0.6) is 11.5 Å². The molecule has 4 aromatic rings. The molecule has 1 fully saturated rings. The van der Waals surface area contributed by atoms with Gasteiger partial charge >= 0.3 is 5.69 Å². The number of rotatable bonds is 10. The van der Waals surface area contributed by atoms with Gasteiger partial charge in [0.2, 0.25) is 5.91 Å². The van der Waals surface area contributed by atoms with Gasteiger partial charge < -0.3 is 29.4 Å². The second-order valence-electron chi connectivity index (χ2n) is 10.3. The predicted octanol–water partition coefficient (Wildman–Crippen LogP) is 4.27. The summed E-state index contributed by atoms with van der Waals surface area (Å²) in [5.74, 6) is 1.25. The summed E-state index contributed by atoms with van der Waals surface area (Å²) in [7, 11) is 3.23. The number of anilines is 1. The number of ether oxygens (including phenoxy) is 4. The molecule has 5 rings (SSSR count). The van der Waals surface area contributed by atoms with E-state index in [2.05, 4.69) is 10.3 Å². The van der Waals surface area contributed by atoms with Crippen molar-refractivity contribution in [1.29, 1.82) is 0 Å². The van der Waals surface area contributed by atoms with E-state index in [9.17, 15) is 14.7 Å². The Morgan fingerprint density at radius 1 is 0.930 bits per heavy atom. The van der Waals surface area contributed by atoms with Gasteiger partial charge in [0.1, 0.15) is 35.2 Å². The third-order valence-electron chi connectivity index (χ3n) is 7.55. The number of carbonyl (C=O) groups excluding carboxylic acids is 1. The molecule has 3 atom stereocenters. The van der Waals surface area contributed by atoms with Crippen LogP contribution in [0.4, 0.5) is 5.82 Å². The van der Waals surface area contributed by atoms with Crippen LogP contribution < -0.4 is 20.5 Å². The molecule has 1 amide bonds. The lowest BCUT2D eigenvalue weighted by Gasteiger charge is -2.40. The number of methoxy groups -OCH3 is 2. The molecular weight excluding hydrogens is 550 g/mol. The van der Waals surface area contributed by atoms with E-state index in [4.69, 9.17) is 18.9 Å². The van der Waals surface area contributed by atoms with E-state index < -0.39 is 29.7 Å². The van der Waals surface area contributed by atoms with Gasteiger partial charge in [-0.3, -0.25) is 9.36 Å². The minimum atomic E-state index is -1.09. The lowest BCUT2D eigenvalue weighted by Crippen LogP contribution is -2.45. The monoisotopic (exact) mass is 585 g/mol. The predicted molar refractivity (Wildman–Crippen MR) is 160 cm³/mol. The van der Waals surface area contributed by atoms with Crippen molar-refractivity contribution in [2.75, 3.05) is 26.1 Å². The van der Waals surface area contributed by atoms with E-state index in [1.807, 2.05) is 78.9 Å². The van der Waals surface area contributed by atoms with E-state index in [1.54, 1.807) is 14.2 Å². The van der Waals surface area contributed by atoms with Crippen molar-refractivity contribution in [1.82, 2.24) is 9.55 Å². The first-order chi connectivity index (χ1) is 20.8. The topological polar surface area (TPSA) is 121 Å². The molecule has 3 aromatic carbocycles. The Balaban J connectivity index is 1.50. The number of aliphatic hydroxyl groups is 1. The Labute approximate surface area is 249 Å². The Morgan fingerprint density at radius 2 is 1.51 bits per heavy atom. The highest BCUT2D eigenvalue weighted by Crippen LogP contribution is 2.42. The molecular formula is C33H35N3O7. The summed E-state index contributed by atoms with van der Waals surface area (Å²) in [6.45, 7) is 1.35. The van der Waals surface area contributed by atoms with Gasteiger partial charge in [-0.1, -0.05) is 54.6 Å². The van der Waals surface area contributed by atoms with Crippen LogP contribution in [0, 0.1) is 0 Å². The highest BCUT2D eigenvalue weighted by Gasteiger charge is 2.40. The standard InChI is InChI=1S/C33H35N3O7/c1-22(37)34-30-19-20-36(32(39)35-30)31-18-17-28(38)29(43-31)21-42-33(23-7-5-4-6-8-23,24-9-13-26(40-2)14-10-24)25-11-15-27(41-3)16-12-25/h4-16,19-20,28-29,31,38H,17-18,21H2,1-3H3,(H,34,35,37,39)/t28-,29+,31+/m0/s1. The number of hydrogen-bond acceptors (Lipinski definition) is 8. The molecule has 0 saturated carbocycles. The molecule has 0 bridgehead atoms. The first kappa shape index (κ1) is 30.0. The van der Waals surface area contributed by atoms with E-state index in [1.165, 1.54) is 23.8 Å². The third-order valence-corrected chi connectivity index (χ3v) is 7.55. The number of aliphatic hydroxyl groups excluding tert-OH is 1. The van der Waals surface area contributed by atoms with Crippen LogP contribution in [0.1, 0.15) is 42.7 Å². The van der Waals surface area contributed by atoms with Crippen LogP contribution >= 0.6 is 0 Å². The van der Waals surface area contributed by atoms with Gasteiger partial charge in [0.15, 0.2) is 0 Å². The molecule has 10 nitrogen and oxygen atoms in total. The molecule has 1 aliphatic rings. The number of nitrogens with zero attached hydrogens (tertiary/aromatic N) is 2. The molecule has 1 aromatic heterocycles. The number of aromatic nitrogens is 2. The Kier molecular flexibility index (Phi) is 9.20. The molecule has 2 N–H and O–H groups in total. The molecule has 1 saturated heterocycles. The Morgan fingerprint density at radius 3 is 2.05 bits per heavy atom. The van der Waals surface area contributed by atoms with Crippen molar-refractivity contribution >= 4 is 11.7 Å². The summed E-state index contributed by atoms with van der Waals surface area (Å²) >= 11 is 0. The van der Waals surface area contributed by atoms with Crippen molar-refractivity contribution < 1.29 is 28.8 Å². The lowest BCUT2D eigenvalue weighted by molar-refractivity contribution is -0.179. The molecule has 10 heteroatoms. The summed E-state index contributed by atoms with van der Waals surface area (Å²) < 4.78 is 25.4. The van der Waals surface area contributed by atoms with Gasteiger partial charge in [-0.15, -0.1) is 0 Å². The zero-order chi connectivity index (χ0) is 30.4. The normalized spacial score (nSPS) is 18.6. The van der Waals surface area contributed by atoms with Crippen molar-refractivity contribution in [3.05, 3.63) is 118 Å². The fraction of sp³-hybridized carbons (Fsp3) is 0.303. The molecule has 0 radical (unpaired) electrons. The average Bonchev–Trinajstić information content (AvgIpc) is 3.03. The quantitative estimate of drug-likeness (QED) is 0.265. The zero-order valence-corrected chi connectivity index (χ0v) is 24.3. The Bertz CT molecular complexity index is 1530. The molecule has 2 heterocycles. The highest BCUT2D eigenvalue weighted by atomic mass is 16.6. The van der Waals surface area contributed by atoms with E-state index in [0.717, 1.165) is 16.7 Å². The van der Waals surface area contributed by atoms with Gasteiger partial charge in [0.05, 0.1) is 26.9 Å². The first-order valence-electron chi connectivity index (χ1n) is 14.0. The molecule has 0 unspecified atom stereocenters. The second-order valence-corrected chi connectivity index (χ2v) is 10.3. The van der Waals surface area contributed by atoms with Crippen LogP contribution in [0.25, 0.3) is 0 Å². The average molecular weight is 586 g/mol. The summed E-state index contributed by atoms with van der Waals surface area (Å²) in [6.07, 6.45) is 0.0845. The number of hydrogen-bond donors (Lipinski definition) is 2. The van der Waals surface area contributed by atoms with Crippen molar-refractivity contribution in [2.45, 2.75) is 43.8 Å². The van der Waals surface area contributed by atoms with E-state index in [0.29, 0.717) is 24.3 Å². The van der Waals surface area contributed by atoms with Crippen LogP contribution in [0.2, 0.25) is 0 Å². The van der Waals surface area contributed by atoms with Gasteiger partial charge in [-0.05, 0) is 59.9 Å². The lowest BCUT2D eigenvalue weighted by atomic mass is 9.80. The van der Waals surface area contributed by atoms with E-state index in [-0.39, 0.29) is 18.3 Å². The number of benzene rings is 3. The van der Waals surface area contributed by atoms with Crippen LogP contribution in [0.15, 0.2) is 95.9 Å². The van der Waals surface area contributed by atoms with Crippen molar-refractivity contribution in [3.63, 3.8) is 0 Å². The summed E-state index contributed by atoms with van der Waals surface area (Å²) in [5, 5.41) is 13.5.